The summed E-state index contributed by atoms with van der Waals surface area (Å²) in [6, 6.07) is 0.0394. The van der Waals surface area contributed by atoms with Gasteiger partial charge in [-0.3, -0.25) is 4.79 Å². The van der Waals surface area contributed by atoms with Gasteiger partial charge in [0, 0.05) is 57.6 Å². The molecule has 7 nitrogen and oxygen atoms in total. The Labute approximate surface area is 143 Å². The van der Waals surface area contributed by atoms with Gasteiger partial charge in [0.05, 0.1) is 18.8 Å². The van der Waals surface area contributed by atoms with Crippen LogP contribution in [0, 0.1) is 0 Å². The molecule has 2 aliphatic heterocycles. The van der Waals surface area contributed by atoms with E-state index in [2.05, 4.69) is 15.3 Å². The van der Waals surface area contributed by atoms with Crippen molar-refractivity contribution in [2.45, 2.75) is 18.6 Å². The summed E-state index contributed by atoms with van der Waals surface area (Å²) < 4.78 is 43.0. The maximum absolute atomic E-state index is 12.5. The summed E-state index contributed by atoms with van der Waals surface area (Å²) in [5.74, 6) is 0.304. The van der Waals surface area contributed by atoms with E-state index in [1.54, 1.807) is 9.80 Å². The number of alkyl halides is 3. The van der Waals surface area contributed by atoms with Crippen LogP contribution in [0.2, 0.25) is 0 Å². The Bertz CT molecular complexity index is 582. The summed E-state index contributed by atoms with van der Waals surface area (Å²) in [7, 11) is 0. The van der Waals surface area contributed by atoms with Crippen molar-refractivity contribution < 1.29 is 22.7 Å². The van der Waals surface area contributed by atoms with E-state index in [0.717, 1.165) is 18.9 Å². The Balaban J connectivity index is 1.50. The Morgan fingerprint density at radius 3 is 2.48 bits per heavy atom. The zero-order valence-corrected chi connectivity index (χ0v) is 13.6. The normalized spacial score (nSPS) is 22.1. The van der Waals surface area contributed by atoms with E-state index < -0.39 is 11.7 Å². The van der Waals surface area contributed by atoms with Gasteiger partial charge in [0.1, 0.15) is 0 Å². The molecule has 0 radical (unpaired) electrons. The molecule has 0 aromatic carbocycles. The molecule has 3 rings (SSSR count). The second kappa shape index (κ2) is 7.52. The van der Waals surface area contributed by atoms with Crippen molar-refractivity contribution in [3.63, 3.8) is 0 Å². The number of piperazine rings is 1. The largest absolute Gasteiger partial charge is 0.419 e. The van der Waals surface area contributed by atoms with Crippen LogP contribution in [0.4, 0.5) is 19.1 Å². The number of halogens is 3. The molecule has 25 heavy (non-hydrogen) atoms. The standard InChI is InChI=1S/C15H20F3N5O2/c16-15(17,18)11-8-20-14(21-9-11)23-4-2-22(3-5-23)13(24)7-12-10-25-6-1-19-12/h8-9,12,19H,1-7,10H2/t12-/m0/s1. The molecule has 1 aromatic rings. The zero-order chi connectivity index (χ0) is 17.9. The molecule has 0 spiro atoms. The lowest BCUT2D eigenvalue weighted by Gasteiger charge is -2.35. The first kappa shape index (κ1) is 17.9. The van der Waals surface area contributed by atoms with E-state index in [0.29, 0.717) is 45.8 Å². The first-order chi connectivity index (χ1) is 11.9. The Morgan fingerprint density at radius 1 is 1.24 bits per heavy atom. The lowest BCUT2D eigenvalue weighted by atomic mass is 10.1. The number of rotatable bonds is 3. The predicted molar refractivity (Wildman–Crippen MR) is 83.1 cm³/mol. The van der Waals surface area contributed by atoms with Crippen molar-refractivity contribution >= 4 is 11.9 Å². The molecular formula is C15H20F3N5O2. The summed E-state index contributed by atoms with van der Waals surface area (Å²) in [5, 5.41) is 3.25. The average Bonchev–Trinajstić information content (AvgIpc) is 2.62. The van der Waals surface area contributed by atoms with Crippen LogP contribution in [0.5, 0.6) is 0 Å². The molecule has 0 unspecified atom stereocenters. The van der Waals surface area contributed by atoms with Gasteiger partial charge in [0.2, 0.25) is 11.9 Å². The Kier molecular flexibility index (Phi) is 5.38. The molecule has 138 valence electrons. The fraction of sp³-hybridized carbons (Fsp3) is 0.667. The van der Waals surface area contributed by atoms with Gasteiger partial charge in [-0.1, -0.05) is 0 Å². The molecular weight excluding hydrogens is 339 g/mol. The molecule has 2 fully saturated rings. The summed E-state index contributed by atoms with van der Waals surface area (Å²) in [6.45, 7) is 3.92. The molecule has 0 bridgehead atoms. The van der Waals surface area contributed by atoms with Gasteiger partial charge in [-0.2, -0.15) is 13.2 Å². The number of nitrogens with one attached hydrogen (secondary N) is 1. The molecule has 2 aliphatic rings. The predicted octanol–water partition coefficient (Wildman–Crippen LogP) is 0.523. The number of hydrogen-bond donors (Lipinski definition) is 1. The van der Waals surface area contributed by atoms with E-state index >= 15 is 0 Å². The average molecular weight is 359 g/mol. The van der Waals surface area contributed by atoms with E-state index in [-0.39, 0.29) is 17.9 Å². The monoisotopic (exact) mass is 359 g/mol. The fourth-order valence-electron chi connectivity index (χ4n) is 2.88. The van der Waals surface area contributed by atoms with Crippen molar-refractivity contribution in [2.24, 2.45) is 0 Å². The van der Waals surface area contributed by atoms with E-state index in [1.807, 2.05) is 0 Å². The summed E-state index contributed by atoms with van der Waals surface area (Å²) in [5.41, 5.74) is -0.868. The zero-order valence-electron chi connectivity index (χ0n) is 13.6. The van der Waals surface area contributed by atoms with E-state index in [4.69, 9.17) is 4.74 Å². The van der Waals surface area contributed by atoms with Crippen LogP contribution in [0.15, 0.2) is 12.4 Å². The molecule has 0 aliphatic carbocycles. The maximum atomic E-state index is 12.5. The second-order valence-electron chi connectivity index (χ2n) is 6.07. The van der Waals surface area contributed by atoms with Gasteiger partial charge in [0.15, 0.2) is 0 Å². The number of amides is 1. The SMILES string of the molecule is O=C(C[C@H]1COCCN1)N1CCN(c2ncc(C(F)(F)F)cn2)CC1. The number of anilines is 1. The van der Waals surface area contributed by atoms with Crippen LogP contribution in [0.3, 0.4) is 0 Å². The van der Waals surface area contributed by atoms with Crippen LogP contribution in [0.25, 0.3) is 0 Å². The van der Waals surface area contributed by atoms with Crippen LogP contribution >= 0.6 is 0 Å². The van der Waals surface area contributed by atoms with Gasteiger partial charge in [-0.05, 0) is 0 Å². The summed E-state index contributed by atoms with van der Waals surface area (Å²) >= 11 is 0. The van der Waals surface area contributed by atoms with Crippen LogP contribution in [-0.2, 0) is 15.7 Å². The van der Waals surface area contributed by atoms with Gasteiger partial charge in [-0.15, -0.1) is 0 Å². The third-order valence-electron chi connectivity index (χ3n) is 4.30. The van der Waals surface area contributed by atoms with Crippen molar-refractivity contribution in [2.75, 3.05) is 50.8 Å². The Morgan fingerprint density at radius 2 is 1.92 bits per heavy atom. The number of hydrogen-bond acceptors (Lipinski definition) is 6. The number of nitrogens with zero attached hydrogens (tertiary/aromatic N) is 4. The van der Waals surface area contributed by atoms with Crippen molar-refractivity contribution in [3.05, 3.63) is 18.0 Å². The lowest BCUT2D eigenvalue weighted by Crippen LogP contribution is -2.51. The third kappa shape index (κ3) is 4.57. The molecule has 10 heteroatoms. The summed E-state index contributed by atoms with van der Waals surface area (Å²) in [6.07, 6.45) is -2.49. The minimum absolute atomic E-state index is 0.0394. The van der Waals surface area contributed by atoms with E-state index in [9.17, 15) is 18.0 Å². The van der Waals surface area contributed by atoms with Crippen LogP contribution in [0.1, 0.15) is 12.0 Å². The molecule has 0 saturated carbocycles. The highest BCUT2D eigenvalue weighted by atomic mass is 19.4. The number of morpholine rings is 1. The van der Waals surface area contributed by atoms with Gasteiger partial charge in [0.25, 0.3) is 0 Å². The Hall–Kier alpha value is -1.94. The van der Waals surface area contributed by atoms with Crippen molar-refractivity contribution in [1.82, 2.24) is 20.2 Å². The number of carbonyl (C=O) groups excluding carboxylic acids is 1. The minimum Gasteiger partial charge on any atom is -0.378 e. The highest BCUT2D eigenvalue weighted by molar-refractivity contribution is 5.77. The molecule has 2 saturated heterocycles. The summed E-state index contributed by atoms with van der Waals surface area (Å²) in [4.78, 5) is 23.5. The molecule has 3 heterocycles. The van der Waals surface area contributed by atoms with Gasteiger partial charge >= 0.3 is 6.18 Å². The molecule has 1 N–H and O–H groups in total. The first-order valence-corrected chi connectivity index (χ1v) is 8.16. The maximum Gasteiger partial charge on any atom is 0.419 e. The molecule has 1 aromatic heterocycles. The van der Waals surface area contributed by atoms with Crippen molar-refractivity contribution in [3.8, 4) is 0 Å². The lowest BCUT2D eigenvalue weighted by molar-refractivity contribution is -0.138. The minimum atomic E-state index is -4.44. The highest BCUT2D eigenvalue weighted by Gasteiger charge is 2.32. The molecule has 1 amide bonds. The third-order valence-corrected chi connectivity index (χ3v) is 4.30. The smallest absolute Gasteiger partial charge is 0.378 e. The van der Waals surface area contributed by atoms with Gasteiger partial charge in [-0.25, -0.2) is 9.97 Å². The number of aromatic nitrogens is 2. The topological polar surface area (TPSA) is 70.6 Å². The second-order valence-corrected chi connectivity index (χ2v) is 6.07. The van der Waals surface area contributed by atoms with Gasteiger partial charge < -0.3 is 19.9 Å². The van der Waals surface area contributed by atoms with Crippen LogP contribution < -0.4 is 10.2 Å². The van der Waals surface area contributed by atoms with Crippen molar-refractivity contribution in [1.29, 1.82) is 0 Å². The molecule has 1 atom stereocenters. The van der Waals surface area contributed by atoms with Crippen LogP contribution in [-0.4, -0.2) is 72.8 Å². The first-order valence-electron chi connectivity index (χ1n) is 8.16. The number of ether oxygens (including phenoxy) is 1. The quantitative estimate of drug-likeness (QED) is 0.849. The van der Waals surface area contributed by atoms with E-state index in [1.165, 1.54) is 0 Å². The fourth-order valence-corrected chi connectivity index (χ4v) is 2.88. The highest BCUT2D eigenvalue weighted by Crippen LogP contribution is 2.28. The number of carbonyl (C=O) groups is 1.